The number of aryl methyl sites for hydroxylation is 1. The number of carboxylic acids is 1. The van der Waals surface area contributed by atoms with E-state index in [1.165, 1.54) is 0 Å². The normalized spacial score (nSPS) is 17.6. The molecular formula is C16H22N2O3. The molecule has 0 spiro atoms. The molecule has 4 N–H and O–H groups in total. The molecule has 0 bridgehead atoms. The van der Waals surface area contributed by atoms with Crippen LogP contribution < -0.4 is 11.1 Å². The second-order valence-corrected chi connectivity index (χ2v) is 5.82. The van der Waals surface area contributed by atoms with Crippen LogP contribution >= 0.6 is 0 Å². The molecule has 1 atom stereocenters. The molecule has 114 valence electrons. The number of hydrogen-bond acceptors (Lipinski definition) is 3. The van der Waals surface area contributed by atoms with E-state index in [2.05, 4.69) is 5.32 Å². The first-order valence-corrected chi connectivity index (χ1v) is 7.34. The van der Waals surface area contributed by atoms with Gasteiger partial charge in [0.2, 0.25) is 5.91 Å². The first kappa shape index (κ1) is 15.5. The number of nitrogens with one attached hydrogen (secondary N) is 1. The maximum atomic E-state index is 12.1. The first-order chi connectivity index (χ1) is 10.0. The summed E-state index contributed by atoms with van der Waals surface area (Å²) in [6.45, 7) is 0. The molecule has 0 heterocycles. The average molecular weight is 290 g/mol. The Morgan fingerprint density at radius 3 is 2.48 bits per heavy atom. The van der Waals surface area contributed by atoms with Crippen LogP contribution in [0, 0.1) is 0 Å². The molecule has 0 aliphatic heterocycles. The molecule has 1 fully saturated rings. The van der Waals surface area contributed by atoms with E-state index in [0.29, 0.717) is 6.42 Å². The minimum absolute atomic E-state index is 0.0237. The maximum Gasteiger partial charge on any atom is 0.305 e. The SMILES string of the molecule is NC(CCc1ccccc1)C(=O)NC1(CC(=O)O)CCC1. The van der Waals surface area contributed by atoms with Gasteiger partial charge in [-0.25, -0.2) is 0 Å². The van der Waals surface area contributed by atoms with Crippen LogP contribution in [0.4, 0.5) is 0 Å². The Morgan fingerprint density at radius 1 is 1.29 bits per heavy atom. The molecule has 5 nitrogen and oxygen atoms in total. The maximum absolute atomic E-state index is 12.1. The summed E-state index contributed by atoms with van der Waals surface area (Å²) in [4.78, 5) is 23.0. The highest BCUT2D eigenvalue weighted by molar-refractivity contribution is 5.83. The summed E-state index contributed by atoms with van der Waals surface area (Å²) in [6, 6.07) is 9.26. The van der Waals surface area contributed by atoms with Gasteiger partial charge in [0.15, 0.2) is 0 Å². The third kappa shape index (κ3) is 4.29. The fraction of sp³-hybridized carbons (Fsp3) is 0.500. The Balaban J connectivity index is 1.83. The lowest BCUT2D eigenvalue weighted by molar-refractivity contribution is -0.140. The fourth-order valence-corrected chi connectivity index (χ4v) is 2.69. The number of carbonyl (C=O) groups is 2. The van der Waals surface area contributed by atoms with E-state index in [-0.39, 0.29) is 12.3 Å². The zero-order chi connectivity index (χ0) is 15.3. The number of carbonyl (C=O) groups excluding carboxylic acids is 1. The van der Waals surface area contributed by atoms with E-state index in [0.717, 1.165) is 31.2 Å². The second kappa shape index (κ2) is 6.72. The van der Waals surface area contributed by atoms with Crippen molar-refractivity contribution in [2.75, 3.05) is 0 Å². The topological polar surface area (TPSA) is 92.4 Å². The number of amides is 1. The fourth-order valence-electron chi connectivity index (χ4n) is 2.69. The number of benzene rings is 1. The summed E-state index contributed by atoms with van der Waals surface area (Å²) in [6.07, 6.45) is 3.66. The van der Waals surface area contributed by atoms with Crippen molar-refractivity contribution in [1.29, 1.82) is 0 Å². The Hall–Kier alpha value is -1.88. The van der Waals surface area contributed by atoms with E-state index in [4.69, 9.17) is 10.8 Å². The Labute approximate surface area is 124 Å². The van der Waals surface area contributed by atoms with Gasteiger partial charge < -0.3 is 16.2 Å². The summed E-state index contributed by atoms with van der Waals surface area (Å²) in [5, 5.41) is 11.8. The molecule has 21 heavy (non-hydrogen) atoms. The van der Waals surface area contributed by atoms with Gasteiger partial charge in [-0.15, -0.1) is 0 Å². The van der Waals surface area contributed by atoms with Crippen molar-refractivity contribution in [3.8, 4) is 0 Å². The molecule has 1 aromatic rings. The van der Waals surface area contributed by atoms with Gasteiger partial charge in [0.25, 0.3) is 0 Å². The van der Waals surface area contributed by atoms with E-state index in [1.807, 2.05) is 30.3 Å². The van der Waals surface area contributed by atoms with E-state index in [1.54, 1.807) is 0 Å². The highest BCUT2D eigenvalue weighted by atomic mass is 16.4. The average Bonchev–Trinajstić information content (AvgIpc) is 2.42. The zero-order valence-electron chi connectivity index (χ0n) is 12.0. The van der Waals surface area contributed by atoms with Gasteiger partial charge in [-0.05, 0) is 37.7 Å². The van der Waals surface area contributed by atoms with Gasteiger partial charge in [0.1, 0.15) is 0 Å². The summed E-state index contributed by atoms with van der Waals surface area (Å²) in [5.41, 5.74) is 6.49. The van der Waals surface area contributed by atoms with Crippen LogP contribution in [0.5, 0.6) is 0 Å². The van der Waals surface area contributed by atoms with Crippen LogP contribution in [0.25, 0.3) is 0 Å². The molecule has 1 saturated carbocycles. The van der Waals surface area contributed by atoms with Crippen molar-refractivity contribution in [1.82, 2.24) is 5.32 Å². The summed E-state index contributed by atoms with van der Waals surface area (Å²) >= 11 is 0. The molecule has 1 unspecified atom stereocenters. The molecule has 0 saturated heterocycles. The van der Waals surface area contributed by atoms with Crippen molar-refractivity contribution in [3.05, 3.63) is 35.9 Å². The first-order valence-electron chi connectivity index (χ1n) is 7.34. The minimum atomic E-state index is -0.882. The molecule has 0 aromatic heterocycles. The van der Waals surface area contributed by atoms with E-state index >= 15 is 0 Å². The zero-order valence-corrected chi connectivity index (χ0v) is 12.0. The Bertz CT molecular complexity index is 498. The van der Waals surface area contributed by atoms with E-state index in [9.17, 15) is 9.59 Å². The van der Waals surface area contributed by atoms with Crippen LogP contribution in [-0.4, -0.2) is 28.6 Å². The van der Waals surface area contributed by atoms with Gasteiger partial charge in [0, 0.05) is 0 Å². The van der Waals surface area contributed by atoms with Crippen LogP contribution in [-0.2, 0) is 16.0 Å². The van der Waals surface area contributed by atoms with Crippen LogP contribution in [0.3, 0.4) is 0 Å². The summed E-state index contributed by atoms with van der Waals surface area (Å²) < 4.78 is 0. The Morgan fingerprint density at radius 2 is 1.95 bits per heavy atom. The van der Waals surface area contributed by atoms with Crippen molar-refractivity contribution in [3.63, 3.8) is 0 Å². The molecule has 1 aliphatic rings. The predicted octanol–water partition coefficient (Wildman–Crippen LogP) is 1.46. The molecule has 1 amide bonds. The molecular weight excluding hydrogens is 268 g/mol. The lowest BCUT2D eigenvalue weighted by atomic mass is 9.74. The third-order valence-corrected chi connectivity index (χ3v) is 4.11. The van der Waals surface area contributed by atoms with Crippen molar-refractivity contribution < 1.29 is 14.7 Å². The molecule has 5 heteroatoms. The summed E-state index contributed by atoms with van der Waals surface area (Å²) in [5.74, 6) is -1.13. The highest BCUT2D eigenvalue weighted by Gasteiger charge is 2.40. The van der Waals surface area contributed by atoms with Crippen LogP contribution in [0.2, 0.25) is 0 Å². The molecule has 1 aromatic carbocycles. The third-order valence-electron chi connectivity index (χ3n) is 4.11. The molecule has 2 rings (SSSR count). The number of rotatable bonds is 7. The molecule has 1 aliphatic carbocycles. The lowest BCUT2D eigenvalue weighted by Gasteiger charge is -2.42. The van der Waals surface area contributed by atoms with Crippen molar-refractivity contribution >= 4 is 11.9 Å². The van der Waals surface area contributed by atoms with Gasteiger partial charge in [-0.2, -0.15) is 0 Å². The number of aliphatic carboxylic acids is 1. The van der Waals surface area contributed by atoms with Gasteiger partial charge in [0.05, 0.1) is 18.0 Å². The van der Waals surface area contributed by atoms with Crippen molar-refractivity contribution in [2.45, 2.75) is 50.1 Å². The smallest absolute Gasteiger partial charge is 0.305 e. The summed E-state index contributed by atoms with van der Waals surface area (Å²) in [7, 11) is 0. The second-order valence-electron chi connectivity index (χ2n) is 5.82. The van der Waals surface area contributed by atoms with Gasteiger partial charge in [-0.1, -0.05) is 30.3 Å². The van der Waals surface area contributed by atoms with Crippen LogP contribution in [0.1, 0.15) is 37.7 Å². The quantitative estimate of drug-likeness (QED) is 0.709. The number of carboxylic acid groups (broad SMARTS) is 1. The van der Waals surface area contributed by atoms with Gasteiger partial charge >= 0.3 is 5.97 Å². The highest BCUT2D eigenvalue weighted by Crippen LogP contribution is 2.35. The predicted molar refractivity (Wildman–Crippen MR) is 79.7 cm³/mol. The van der Waals surface area contributed by atoms with E-state index < -0.39 is 17.6 Å². The van der Waals surface area contributed by atoms with Gasteiger partial charge in [-0.3, -0.25) is 9.59 Å². The van der Waals surface area contributed by atoms with Crippen molar-refractivity contribution in [2.24, 2.45) is 5.73 Å². The minimum Gasteiger partial charge on any atom is -0.481 e. The standard InChI is InChI=1S/C16H22N2O3/c17-13(8-7-12-5-2-1-3-6-12)15(21)18-16(9-4-10-16)11-14(19)20/h1-3,5-6,13H,4,7-11,17H2,(H,18,21)(H,19,20). The lowest BCUT2D eigenvalue weighted by Crippen LogP contribution is -2.58. The number of nitrogens with two attached hydrogens (primary N) is 1. The van der Waals surface area contributed by atoms with Crippen LogP contribution in [0.15, 0.2) is 30.3 Å². The Kier molecular flexibility index (Phi) is 4.96. The number of hydrogen-bond donors (Lipinski definition) is 3. The monoisotopic (exact) mass is 290 g/mol. The largest absolute Gasteiger partial charge is 0.481 e. The molecule has 0 radical (unpaired) electrons.